The van der Waals surface area contributed by atoms with Gasteiger partial charge >= 0.3 is 0 Å². The van der Waals surface area contributed by atoms with E-state index in [9.17, 15) is 8.42 Å². The van der Waals surface area contributed by atoms with E-state index in [0.717, 1.165) is 27.8 Å². The van der Waals surface area contributed by atoms with Crippen LogP contribution < -0.4 is 11.1 Å². The monoisotopic (exact) mass is 327 g/mol. The zero-order chi connectivity index (χ0) is 15.5. The number of nitrogens with zero attached hydrogens (tertiary/aromatic N) is 3. The molecule has 0 saturated heterocycles. The predicted octanol–water partition coefficient (Wildman–Crippen LogP) is 1.03. The Morgan fingerprint density at radius 2 is 2.00 bits per heavy atom. The van der Waals surface area contributed by atoms with Crippen LogP contribution in [-0.2, 0) is 16.4 Å². The number of aromatic nitrogens is 2. The highest BCUT2D eigenvalue weighted by Crippen LogP contribution is 2.32. The van der Waals surface area contributed by atoms with Gasteiger partial charge in [0.15, 0.2) is 10.7 Å². The average molecular weight is 327 g/mol. The number of nitrogens with two attached hydrogens (primary N) is 1. The molecule has 21 heavy (non-hydrogen) atoms. The van der Waals surface area contributed by atoms with Crippen LogP contribution in [0.15, 0.2) is 29.4 Å². The van der Waals surface area contributed by atoms with Gasteiger partial charge in [0.2, 0.25) is 10.0 Å². The fourth-order valence-corrected chi connectivity index (χ4v) is 3.81. The second-order valence-corrected chi connectivity index (χ2v) is 7.41. The third-order valence-electron chi connectivity index (χ3n) is 2.86. The Balaban J connectivity index is 2.12. The molecule has 0 aliphatic rings. The highest BCUT2D eigenvalue weighted by molar-refractivity contribution is 7.89. The highest BCUT2D eigenvalue weighted by atomic mass is 32.2. The topological polar surface area (TPSA) is 101 Å². The molecule has 0 saturated carbocycles. The maximum atomic E-state index is 12.2. The third-order valence-corrected chi connectivity index (χ3v) is 5.70. The molecule has 7 nitrogen and oxygen atoms in total. The molecule has 0 atom stereocenters. The molecule has 114 valence electrons. The lowest BCUT2D eigenvalue weighted by molar-refractivity contribution is 0.521. The van der Waals surface area contributed by atoms with Crippen molar-refractivity contribution < 1.29 is 8.42 Å². The van der Waals surface area contributed by atoms with E-state index in [1.165, 1.54) is 14.1 Å². The summed E-state index contributed by atoms with van der Waals surface area (Å²) in [6.07, 6.45) is 4.20. The fourth-order valence-electron chi connectivity index (χ4n) is 1.71. The molecular formula is C12H17N5O2S2. The van der Waals surface area contributed by atoms with Crippen molar-refractivity contribution in [3.63, 3.8) is 0 Å². The van der Waals surface area contributed by atoms with Crippen LogP contribution in [0.1, 0.15) is 5.56 Å². The first-order valence-corrected chi connectivity index (χ1v) is 8.44. The Morgan fingerprint density at radius 3 is 2.62 bits per heavy atom. The molecular weight excluding hydrogens is 310 g/mol. The molecule has 0 bridgehead atoms. The maximum Gasteiger partial charge on any atom is 0.249 e. The van der Waals surface area contributed by atoms with Crippen molar-refractivity contribution in [3.05, 3.63) is 30.1 Å². The van der Waals surface area contributed by atoms with Crippen LogP contribution in [0.2, 0.25) is 0 Å². The molecule has 2 aromatic heterocycles. The number of rotatable bonds is 6. The SMILES string of the molecule is CN(C)S(=O)(=O)c1c(N)nsc1NCCc1ccncc1. The summed E-state index contributed by atoms with van der Waals surface area (Å²) >= 11 is 1.05. The van der Waals surface area contributed by atoms with Crippen LogP contribution in [-0.4, -0.2) is 42.7 Å². The average Bonchev–Trinajstić information content (AvgIpc) is 2.81. The smallest absolute Gasteiger partial charge is 0.249 e. The lowest BCUT2D eigenvalue weighted by Gasteiger charge is -2.12. The Bertz CT molecular complexity index is 698. The maximum absolute atomic E-state index is 12.2. The van der Waals surface area contributed by atoms with Crippen molar-refractivity contribution in [1.82, 2.24) is 13.7 Å². The lowest BCUT2D eigenvalue weighted by atomic mass is 10.2. The van der Waals surface area contributed by atoms with E-state index in [4.69, 9.17) is 5.73 Å². The van der Waals surface area contributed by atoms with Gasteiger partial charge in [-0.25, -0.2) is 12.7 Å². The minimum atomic E-state index is -3.61. The van der Waals surface area contributed by atoms with E-state index >= 15 is 0 Å². The van der Waals surface area contributed by atoms with E-state index in [1.54, 1.807) is 12.4 Å². The molecule has 0 aromatic carbocycles. The number of anilines is 2. The van der Waals surface area contributed by atoms with Crippen molar-refractivity contribution in [2.24, 2.45) is 0 Å². The molecule has 2 rings (SSSR count). The summed E-state index contributed by atoms with van der Waals surface area (Å²) in [5, 5.41) is 3.56. The lowest BCUT2D eigenvalue weighted by Crippen LogP contribution is -2.23. The molecule has 0 radical (unpaired) electrons. The summed E-state index contributed by atoms with van der Waals surface area (Å²) < 4.78 is 29.5. The molecule has 0 aliphatic heterocycles. The van der Waals surface area contributed by atoms with Crippen LogP contribution in [0.5, 0.6) is 0 Å². The van der Waals surface area contributed by atoms with Gasteiger partial charge in [-0.15, -0.1) is 0 Å². The Kier molecular flexibility index (Phi) is 4.76. The highest BCUT2D eigenvalue weighted by Gasteiger charge is 2.27. The first-order chi connectivity index (χ1) is 9.93. The van der Waals surface area contributed by atoms with Gasteiger partial charge in [0.25, 0.3) is 0 Å². The first kappa shape index (κ1) is 15.7. The summed E-state index contributed by atoms with van der Waals surface area (Å²) in [5.41, 5.74) is 6.81. The second kappa shape index (κ2) is 6.37. The zero-order valence-electron chi connectivity index (χ0n) is 11.8. The van der Waals surface area contributed by atoms with Gasteiger partial charge < -0.3 is 11.1 Å². The number of nitrogen functional groups attached to an aromatic ring is 1. The van der Waals surface area contributed by atoms with Crippen LogP contribution >= 0.6 is 11.5 Å². The van der Waals surface area contributed by atoms with Crippen LogP contribution in [0.3, 0.4) is 0 Å². The second-order valence-electron chi connectivity index (χ2n) is 4.55. The molecule has 0 unspecified atom stereocenters. The van der Waals surface area contributed by atoms with E-state index in [1.807, 2.05) is 12.1 Å². The summed E-state index contributed by atoms with van der Waals surface area (Å²) in [6, 6.07) is 3.83. The van der Waals surface area contributed by atoms with Gasteiger partial charge in [0.1, 0.15) is 5.00 Å². The van der Waals surface area contributed by atoms with Crippen molar-refractivity contribution in [2.45, 2.75) is 11.3 Å². The van der Waals surface area contributed by atoms with Gasteiger partial charge in [0, 0.05) is 33.0 Å². The Hall–Kier alpha value is -1.71. The van der Waals surface area contributed by atoms with Gasteiger partial charge in [-0.1, -0.05) is 0 Å². The summed E-state index contributed by atoms with van der Waals surface area (Å²) in [7, 11) is -0.675. The van der Waals surface area contributed by atoms with Crippen molar-refractivity contribution in [2.75, 3.05) is 31.7 Å². The molecule has 0 fully saturated rings. The normalized spacial score (nSPS) is 11.8. The summed E-state index contributed by atoms with van der Waals surface area (Å²) in [5.74, 6) is 0.0279. The number of pyridine rings is 1. The number of hydrogen-bond donors (Lipinski definition) is 2. The van der Waals surface area contributed by atoms with E-state index in [2.05, 4.69) is 14.7 Å². The number of nitrogens with one attached hydrogen (secondary N) is 1. The van der Waals surface area contributed by atoms with Crippen molar-refractivity contribution in [1.29, 1.82) is 0 Å². The van der Waals surface area contributed by atoms with E-state index in [0.29, 0.717) is 11.5 Å². The Morgan fingerprint density at radius 1 is 1.33 bits per heavy atom. The number of hydrogen-bond acceptors (Lipinski definition) is 7. The molecule has 2 heterocycles. The summed E-state index contributed by atoms with van der Waals surface area (Å²) in [6.45, 7) is 0.585. The van der Waals surface area contributed by atoms with Crippen molar-refractivity contribution >= 4 is 32.4 Å². The van der Waals surface area contributed by atoms with Gasteiger partial charge in [0.05, 0.1) is 0 Å². The summed E-state index contributed by atoms with van der Waals surface area (Å²) in [4.78, 5) is 4.00. The van der Waals surface area contributed by atoms with E-state index in [-0.39, 0.29) is 10.7 Å². The standard InChI is InChI=1S/C12H17N5O2S2/c1-17(2)21(18,19)10-11(13)16-20-12(10)15-8-5-9-3-6-14-7-4-9/h3-4,6-7,15H,5,8H2,1-2H3,(H2,13,16). The van der Waals surface area contributed by atoms with Gasteiger partial charge in [-0.2, -0.15) is 4.37 Å². The Labute approximate surface area is 128 Å². The van der Waals surface area contributed by atoms with Crippen molar-refractivity contribution in [3.8, 4) is 0 Å². The minimum absolute atomic E-state index is 0.0279. The van der Waals surface area contributed by atoms with Gasteiger partial charge in [-0.3, -0.25) is 4.98 Å². The molecule has 2 aromatic rings. The molecule has 9 heteroatoms. The third kappa shape index (κ3) is 3.49. The fraction of sp³-hybridized carbons (Fsp3) is 0.333. The molecule has 0 amide bonds. The number of sulfonamides is 1. The first-order valence-electron chi connectivity index (χ1n) is 6.23. The minimum Gasteiger partial charge on any atom is -0.382 e. The van der Waals surface area contributed by atoms with Gasteiger partial charge in [-0.05, 0) is 35.6 Å². The van der Waals surface area contributed by atoms with Crippen LogP contribution in [0.4, 0.5) is 10.8 Å². The van der Waals surface area contributed by atoms with E-state index < -0.39 is 10.0 Å². The van der Waals surface area contributed by atoms with Crippen LogP contribution in [0, 0.1) is 0 Å². The molecule has 0 aliphatic carbocycles. The molecule has 3 N–H and O–H groups in total. The van der Waals surface area contributed by atoms with Crippen LogP contribution in [0.25, 0.3) is 0 Å². The quantitative estimate of drug-likeness (QED) is 0.821. The predicted molar refractivity (Wildman–Crippen MR) is 83.8 cm³/mol. The molecule has 0 spiro atoms. The zero-order valence-corrected chi connectivity index (χ0v) is 13.4. The largest absolute Gasteiger partial charge is 0.382 e.